The first kappa shape index (κ1) is 26.9. The molecule has 0 fully saturated rings. The number of ether oxygens (including phenoxy) is 1. The third-order valence-electron chi connectivity index (χ3n) is 5.52. The molecule has 0 spiro atoms. The Labute approximate surface area is 203 Å². The van der Waals surface area contributed by atoms with Crippen molar-refractivity contribution in [2.24, 2.45) is 0 Å². The zero-order valence-corrected chi connectivity index (χ0v) is 20.8. The molecule has 0 aliphatic rings. The van der Waals surface area contributed by atoms with E-state index in [1.165, 1.54) is 12.1 Å². The van der Waals surface area contributed by atoms with Crippen molar-refractivity contribution in [1.82, 2.24) is 5.32 Å². The normalized spacial score (nSPS) is 13.3. The molecule has 7 heteroatoms. The fraction of sp³-hybridized carbons (Fsp3) is 0.370. The van der Waals surface area contributed by atoms with E-state index in [9.17, 15) is 14.7 Å². The lowest BCUT2D eigenvalue weighted by molar-refractivity contribution is -0.148. The number of esters is 1. The predicted molar refractivity (Wildman–Crippen MR) is 139 cm³/mol. The number of hydrogen-bond acceptors (Lipinski definition) is 5. The van der Waals surface area contributed by atoms with Gasteiger partial charge < -0.3 is 15.2 Å². The highest BCUT2D eigenvalue weighted by Crippen LogP contribution is 2.35. The Hall–Kier alpha value is -3.35. The second-order valence-electron chi connectivity index (χ2n) is 9.52. The van der Waals surface area contributed by atoms with Gasteiger partial charge in [-0.3, -0.25) is 10.2 Å². The van der Waals surface area contributed by atoms with E-state index in [0.717, 1.165) is 17.4 Å². The summed E-state index contributed by atoms with van der Waals surface area (Å²) in [6.07, 6.45) is 5.63. The third kappa shape index (κ3) is 7.34. The van der Waals surface area contributed by atoms with E-state index in [-0.39, 0.29) is 17.1 Å². The van der Waals surface area contributed by atoms with Crippen LogP contribution in [0, 0.1) is 5.41 Å². The molecule has 0 saturated carbocycles. The van der Waals surface area contributed by atoms with Gasteiger partial charge in [-0.05, 0) is 51.7 Å². The minimum absolute atomic E-state index is 0.0668. The van der Waals surface area contributed by atoms with Crippen LogP contribution < -0.4 is 10.8 Å². The highest BCUT2D eigenvalue weighted by molar-refractivity contribution is 6.33. The predicted octanol–water partition coefficient (Wildman–Crippen LogP) is 3.77. The number of aromatic hydroxyl groups is 1. The minimum Gasteiger partial charge on any atom is -0.507 e. The number of carbonyl (C=O) groups excluding carboxylic acids is 2. The summed E-state index contributed by atoms with van der Waals surface area (Å²) in [4.78, 5) is 25.0. The maximum absolute atomic E-state index is 13.0. The van der Waals surface area contributed by atoms with Crippen molar-refractivity contribution >= 4 is 31.0 Å². The van der Waals surface area contributed by atoms with Crippen LogP contribution in [0.4, 0.5) is 0 Å². The van der Waals surface area contributed by atoms with Gasteiger partial charge in [-0.15, -0.1) is 0 Å². The van der Waals surface area contributed by atoms with E-state index < -0.39 is 22.9 Å². The number of phenolic OH excluding ortho intramolecular Hbond substituents is 1. The minimum atomic E-state index is -0.761. The molecule has 0 aromatic heterocycles. The summed E-state index contributed by atoms with van der Waals surface area (Å²) in [5.74, 6) is -0.993. The van der Waals surface area contributed by atoms with Crippen LogP contribution in [0.1, 0.15) is 69.3 Å². The maximum atomic E-state index is 13.0. The van der Waals surface area contributed by atoms with Crippen molar-refractivity contribution in [3.63, 3.8) is 0 Å². The number of rotatable bonds is 9. The van der Waals surface area contributed by atoms with Gasteiger partial charge in [0.15, 0.2) is 0 Å². The van der Waals surface area contributed by atoms with Crippen LogP contribution in [-0.2, 0) is 14.9 Å². The van der Waals surface area contributed by atoms with Crippen molar-refractivity contribution in [2.45, 2.75) is 64.4 Å². The second kappa shape index (κ2) is 11.7. The number of carbonyl (C=O) groups is 2. The first-order valence-corrected chi connectivity index (χ1v) is 11.6. The highest BCUT2D eigenvalue weighted by atomic mass is 16.6. The molecule has 1 unspecified atom stereocenters. The Morgan fingerprint density at radius 2 is 1.79 bits per heavy atom. The number of amides is 1. The number of nitrogens with one attached hydrogen (secondary N) is 2. The molecule has 2 aromatic rings. The number of allylic oxidation sites excluding steroid dienone is 1. The molecule has 0 radical (unpaired) electrons. The molecule has 6 nitrogen and oxygen atoms in total. The monoisotopic (exact) mass is 462 g/mol. The van der Waals surface area contributed by atoms with Crippen LogP contribution in [0.5, 0.6) is 5.75 Å². The van der Waals surface area contributed by atoms with E-state index in [2.05, 4.69) is 5.32 Å². The molecule has 0 bridgehead atoms. The number of benzene rings is 2. The molecule has 2 aromatic carbocycles. The van der Waals surface area contributed by atoms with Gasteiger partial charge in [-0.2, -0.15) is 0 Å². The summed E-state index contributed by atoms with van der Waals surface area (Å²) in [7, 11) is 1.84. The number of amidine groups is 1. The van der Waals surface area contributed by atoms with Crippen molar-refractivity contribution in [1.29, 1.82) is 5.41 Å². The van der Waals surface area contributed by atoms with Crippen LogP contribution in [0.3, 0.4) is 0 Å². The number of phenols is 1. The van der Waals surface area contributed by atoms with Crippen molar-refractivity contribution < 1.29 is 19.4 Å². The third-order valence-corrected chi connectivity index (χ3v) is 5.52. The molecule has 180 valence electrons. The summed E-state index contributed by atoms with van der Waals surface area (Å²) in [6, 6.07) is 14.5. The van der Waals surface area contributed by atoms with Gasteiger partial charge in [-0.1, -0.05) is 67.3 Å². The van der Waals surface area contributed by atoms with E-state index in [0.29, 0.717) is 19.3 Å². The van der Waals surface area contributed by atoms with Gasteiger partial charge in [0.2, 0.25) is 0 Å². The molecule has 0 aliphatic heterocycles. The van der Waals surface area contributed by atoms with Gasteiger partial charge in [0.25, 0.3) is 5.91 Å². The maximum Gasteiger partial charge on any atom is 0.330 e. The zero-order chi connectivity index (χ0) is 25.4. The average molecular weight is 462 g/mol. The topological polar surface area (TPSA) is 99.5 Å². The fourth-order valence-electron chi connectivity index (χ4n) is 3.97. The SMILES string of the molecule is Bc1ccc(O)c(C(=O)NC(=N)C(CCC)(CC/C=C\C(=O)OC(C)(C)C)c2ccccc2)c1. The molecule has 3 N–H and O–H groups in total. The lowest BCUT2D eigenvalue weighted by Gasteiger charge is -2.35. The Kier molecular flexibility index (Phi) is 9.24. The molecule has 2 rings (SSSR count). The first-order chi connectivity index (χ1) is 16.0. The lowest BCUT2D eigenvalue weighted by atomic mass is 9.72. The summed E-state index contributed by atoms with van der Waals surface area (Å²) >= 11 is 0. The Morgan fingerprint density at radius 1 is 1.12 bits per heavy atom. The molecule has 1 amide bonds. The summed E-state index contributed by atoms with van der Waals surface area (Å²) in [6.45, 7) is 7.49. The molecular formula is C27H35BN2O4. The van der Waals surface area contributed by atoms with Crippen molar-refractivity contribution in [3.8, 4) is 5.75 Å². The standard InChI is InChI=1S/C27H35BN2O4/c1-5-16-27(19-11-7-6-8-12-19,17-10-9-13-23(32)34-26(2,3)4)25(29)30-24(33)21-18-20(28)14-15-22(21)31/h6-9,11-15,18,31H,5,10,16-17,28H2,1-4H3,(H2,29,30,33)/b13-9-. The number of hydrogen-bond donors (Lipinski definition) is 3. The van der Waals surface area contributed by atoms with Crippen LogP contribution in [-0.4, -0.2) is 36.3 Å². The van der Waals surface area contributed by atoms with Crippen molar-refractivity contribution in [2.75, 3.05) is 0 Å². The lowest BCUT2D eigenvalue weighted by Crippen LogP contribution is -2.46. The van der Waals surface area contributed by atoms with Crippen LogP contribution in [0.25, 0.3) is 0 Å². The average Bonchev–Trinajstić information content (AvgIpc) is 2.76. The molecule has 0 heterocycles. The summed E-state index contributed by atoms with van der Waals surface area (Å²) in [5.41, 5.74) is 0.563. The van der Waals surface area contributed by atoms with E-state index in [1.54, 1.807) is 18.2 Å². The van der Waals surface area contributed by atoms with Crippen molar-refractivity contribution in [3.05, 3.63) is 71.8 Å². The van der Waals surface area contributed by atoms with Gasteiger partial charge in [-0.25, -0.2) is 4.79 Å². The molecule has 1 atom stereocenters. The highest BCUT2D eigenvalue weighted by Gasteiger charge is 2.37. The largest absolute Gasteiger partial charge is 0.507 e. The van der Waals surface area contributed by atoms with E-state index in [4.69, 9.17) is 10.1 Å². The molecule has 34 heavy (non-hydrogen) atoms. The van der Waals surface area contributed by atoms with Crippen LogP contribution >= 0.6 is 0 Å². The Bertz CT molecular complexity index is 1040. The Balaban J connectivity index is 2.31. The van der Waals surface area contributed by atoms with Gasteiger partial charge in [0.1, 0.15) is 25.0 Å². The van der Waals surface area contributed by atoms with Gasteiger partial charge >= 0.3 is 5.97 Å². The summed E-state index contributed by atoms with van der Waals surface area (Å²) < 4.78 is 5.32. The van der Waals surface area contributed by atoms with Crippen LogP contribution in [0.15, 0.2) is 60.7 Å². The second-order valence-corrected chi connectivity index (χ2v) is 9.52. The quantitative estimate of drug-likeness (QED) is 0.174. The first-order valence-electron chi connectivity index (χ1n) is 11.6. The van der Waals surface area contributed by atoms with E-state index in [1.807, 2.05) is 65.9 Å². The summed E-state index contributed by atoms with van der Waals surface area (Å²) in [5, 5.41) is 21.8. The fourth-order valence-corrected chi connectivity index (χ4v) is 3.97. The molecule has 0 aliphatic carbocycles. The molecule has 0 saturated heterocycles. The smallest absolute Gasteiger partial charge is 0.330 e. The van der Waals surface area contributed by atoms with Crippen LogP contribution in [0.2, 0.25) is 0 Å². The van der Waals surface area contributed by atoms with Gasteiger partial charge in [0, 0.05) is 6.08 Å². The van der Waals surface area contributed by atoms with Gasteiger partial charge in [0.05, 0.1) is 11.0 Å². The zero-order valence-electron chi connectivity index (χ0n) is 20.8. The Morgan fingerprint density at radius 3 is 2.41 bits per heavy atom. The molecular weight excluding hydrogens is 427 g/mol. The van der Waals surface area contributed by atoms with E-state index >= 15 is 0 Å².